The van der Waals surface area contributed by atoms with Gasteiger partial charge < -0.3 is 37.9 Å². The minimum Gasteiger partial charge on any atom is -0.502 e. The van der Waals surface area contributed by atoms with Gasteiger partial charge in [0, 0.05) is 19.2 Å². The largest absolute Gasteiger partial charge is 0.502 e. The van der Waals surface area contributed by atoms with Gasteiger partial charge in [-0.15, -0.1) is 0 Å². The Kier molecular flexibility index (Phi) is 10.1. The highest BCUT2D eigenvalue weighted by molar-refractivity contribution is 5.72. The summed E-state index contributed by atoms with van der Waals surface area (Å²) < 4.78 is 37.5. The molecular weight excluding hydrogens is 562 g/mol. The summed E-state index contributed by atoms with van der Waals surface area (Å²) in [6.45, 7) is 1.21. The Morgan fingerprint density at radius 1 is 0.884 bits per heavy atom. The molecule has 4 rings (SSSR count). The van der Waals surface area contributed by atoms with Crippen LogP contribution in [-0.2, 0) is 38.6 Å². The number of nitrogens with zero attached hydrogens (tertiary/aromatic N) is 1. The van der Waals surface area contributed by atoms with E-state index in [4.69, 9.17) is 28.1 Å². The lowest BCUT2D eigenvalue weighted by molar-refractivity contribution is -0.143. The number of methoxy groups -OCH3 is 5. The maximum atomic E-state index is 12.9. The smallest absolute Gasteiger partial charge is 0.343 e. The second-order valence-corrected chi connectivity index (χ2v) is 9.83. The number of rotatable bonds is 12. The van der Waals surface area contributed by atoms with Crippen LogP contribution < -0.4 is 24.4 Å². The average Bonchev–Trinajstić information content (AvgIpc) is 3.03. The molecular formula is C31H35NO11. The van der Waals surface area contributed by atoms with Gasteiger partial charge in [0.1, 0.15) is 5.76 Å². The van der Waals surface area contributed by atoms with Crippen molar-refractivity contribution in [1.29, 1.82) is 0 Å². The lowest BCUT2D eigenvalue weighted by Crippen LogP contribution is -2.30. The topological polar surface area (TPSA) is 143 Å². The Bertz CT molecular complexity index is 1530. The molecule has 2 heterocycles. The molecule has 2 aromatic carbocycles. The Hall–Kier alpha value is -4.71. The van der Waals surface area contributed by atoms with Crippen LogP contribution in [0.25, 0.3) is 0 Å². The van der Waals surface area contributed by atoms with Gasteiger partial charge in [-0.05, 0) is 47.4 Å². The number of carbonyl (C=O) groups is 2. The van der Waals surface area contributed by atoms with E-state index in [9.17, 15) is 19.5 Å². The summed E-state index contributed by atoms with van der Waals surface area (Å²) in [5, 5.41) is 10.8. The van der Waals surface area contributed by atoms with Crippen LogP contribution in [0.3, 0.4) is 0 Å². The molecule has 0 amide bonds. The predicted molar refractivity (Wildman–Crippen MR) is 153 cm³/mol. The SMILES string of the molecule is COC(=O)COc1ccc([C@@H](CC(=O)OC)c2oc(CN3CCc4cc(OC)c(OC)cc4C3)cc(=O)c2O)cc1OC. The molecule has 43 heavy (non-hydrogen) atoms. The van der Waals surface area contributed by atoms with Crippen molar-refractivity contribution in [1.82, 2.24) is 4.90 Å². The maximum absolute atomic E-state index is 12.9. The van der Waals surface area contributed by atoms with Gasteiger partial charge in [0.2, 0.25) is 11.2 Å². The quantitative estimate of drug-likeness (QED) is 0.306. The molecule has 1 atom stereocenters. The number of benzene rings is 2. The Morgan fingerprint density at radius 3 is 2.19 bits per heavy atom. The lowest BCUT2D eigenvalue weighted by atomic mass is 9.91. The summed E-state index contributed by atoms with van der Waals surface area (Å²) in [6, 6.07) is 9.92. The van der Waals surface area contributed by atoms with E-state index in [1.54, 1.807) is 32.4 Å². The van der Waals surface area contributed by atoms with Gasteiger partial charge >= 0.3 is 11.9 Å². The number of carbonyl (C=O) groups excluding carboxylic acids is 2. The molecule has 1 N–H and O–H groups in total. The molecule has 1 aliphatic heterocycles. The van der Waals surface area contributed by atoms with E-state index in [-0.39, 0.29) is 36.8 Å². The number of fused-ring (bicyclic) bond motifs is 1. The van der Waals surface area contributed by atoms with E-state index in [0.717, 1.165) is 17.5 Å². The number of aromatic hydroxyl groups is 1. The van der Waals surface area contributed by atoms with Crippen molar-refractivity contribution >= 4 is 11.9 Å². The first-order chi connectivity index (χ1) is 20.7. The molecule has 1 aromatic heterocycles. The zero-order valence-electron chi connectivity index (χ0n) is 24.8. The van der Waals surface area contributed by atoms with Gasteiger partial charge in [0.05, 0.1) is 54.4 Å². The number of hydrogen-bond donors (Lipinski definition) is 1. The van der Waals surface area contributed by atoms with E-state index in [0.29, 0.717) is 35.9 Å². The summed E-state index contributed by atoms with van der Waals surface area (Å²) in [4.78, 5) is 39.0. The van der Waals surface area contributed by atoms with Crippen LogP contribution in [0.5, 0.6) is 28.7 Å². The number of esters is 2. The number of hydrogen-bond acceptors (Lipinski definition) is 12. The van der Waals surface area contributed by atoms with Crippen molar-refractivity contribution in [3.8, 4) is 28.7 Å². The summed E-state index contributed by atoms with van der Waals surface area (Å²) >= 11 is 0. The van der Waals surface area contributed by atoms with Gasteiger partial charge in [-0.3, -0.25) is 14.5 Å². The van der Waals surface area contributed by atoms with Crippen LogP contribution >= 0.6 is 0 Å². The predicted octanol–water partition coefficient (Wildman–Crippen LogP) is 3.18. The van der Waals surface area contributed by atoms with Gasteiger partial charge in [0.15, 0.2) is 35.4 Å². The van der Waals surface area contributed by atoms with E-state index in [2.05, 4.69) is 9.64 Å². The van der Waals surface area contributed by atoms with Crippen molar-refractivity contribution in [3.05, 3.63) is 74.8 Å². The van der Waals surface area contributed by atoms with Gasteiger partial charge in [-0.2, -0.15) is 0 Å². The molecule has 3 aromatic rings. The standard InChI is InChI=1S/C31H35NO11/c1-37-25-11-19(6-7-24(25)42-17-29(35)41-5)22(14-28(34)40-4)31-30(36)23(33)13-21(43-31)16-32-9-8-18-10-26(38-2)27(39-3)12-20(18)15-32/h6-7,10-13,22,36H,8-9,14-17H2,1-5H3/t22-/m1/s1. The highest BCUT2D eigenvalue weighted by atomic mass is 16.6. The van der Waals surface area contributed by atoms with Crippen molar-refractivity contribution in [2.24, 2.45) is 0 Å². The normalized spacial score (nSPS) is 13.4. The first kappa shape index (κ1) is 31.2. The third-order valence-corrected chi connectivity index (χ3v) is 7.25. The highest BCUT2D eigenvalue weighted by Gasteiger charge is 2.29. The third-order valence-electron chi connectivity index (χ3n) is 7.25. The molecule has 0 radical (unpaired) electrons. The molecule has 12 nitrogen and oxygen atoms in total. The lowest BCUT2D eigenvalue weighted by Gasteiger charge is -2.29. The van der Waals surface area contributed by atoms with Gasteiger partial charge in [0.25, 0.3) is 0 Å². The second-order valence-electron chi connectivity index (χ2n) is 9.83. The zero-order chi connectivity index (χ0) is 31.1. The molecule has 0 fully saturated rings. The van der Waals surface area contributed by atoms with Gasteiger partial charge in [-0.25, -0.2) is 4.79 Å². The molecule has 12 heteroatoms. The van der Waals surface area contributed by atoms with Crippen LogP contribution in [0.15, 0.2) is 45.6 Å². The molecule has 0 bridgehead atoms. The molecule has 0 saturated heterocycles. The molecule has 0 spiro atoms. The van der Waals surface area contributed by atoms with Crippen molar-refractivity contribution in [2.75, 3.05) is 48.7 Å². The van der Waals surface area contributed by atoms with Crippen LogP contribution in [-0.4, -0.2) is 70.6 Å². The zero-order valence-corrected chi connectivity index (χ0v) is 24.8. The third kappa shape index (κ3) is 7.20. The number of ether oxygens (including phenoxy) is 6. The van der Waals surface area contributed by atoms with Crippen LogP contribution in [0.1, 0.15) is 40.5 Å². The fraction of sp³-hybridized carbons (Fsp3) is 0.387. The van der Waals surface area contributed by atoms with Crippen LogP contribution in [0.2, 0.25) is 0 Å². The highest BCUT2D eigenvalue weighted by Crippen LogP contribution is 2.38. The fourth-order valence-electron chi connectivity index (χ4n) is 4.99. The monoisotopic (exact) mass is 597 g/mol. The summed E-state index contributed by atoms with van der Waals surface area (Å²) in [5.74, 6) is -0.617. The van der Waals surface area contributed by atoms with E-state index in [1.807, 2.05) is 12.1 Å². The van der Waals surface area contributed by atoms with E-state index >= 15 is 0 Å². The van der Waals surface area contributed by atoms with Crippen molar-refractivity contribution in [3.63, 3.8) is 0 Å². The Labute approximate surface area is 248 Å². The fourth-order valence-corrected chi connectivity index (χ4v) is 4.99. The Balaban J connectivity index is 1.65. The molecule has 1 aliphatic rings. The molecule has 230 valence electrons. The molecule has 0 aliphatic carbocycles. The van der Waals surface area contributed by atoms with Gasteiger partial charge in [-0.1, -0.05) is 6.07 Å². The molecule has 0 saturated carbocycles. The van der Waals surface area contributed by atoms with Crippen molar-refractivity contribution < 1.29 is 47.5 Å². The van der Waals surface area contributed by atoms with Crippen LogP contribution in [0, 0.1) is 0 Å². The van der Waals surface area contributed by atoms with E-state index < -0.39 is 29.0 Å². The minimum atomic E-state index is -0.900. The second kappa shape index (κ2) is 14.0. The Morgan fingerprint density at radius 2 is 1.53 bits per heavy atom. The maximum Gasteiger partial charge on any atom is 0.343 e. The van der Waals surface area contributed by atoms with E-state index in [1.165, 1.54) is 27.4 Å². The molecule has 0 unspecified atom stereocenters. The first-order valence-electron chi connectivity index (χ1n) is 13.5. The van der Waals surface area contributed by atoms with Crippen molar-refractivity contribution in [2.45, 2.75) is 31.8 Å². The minimum absolute atomic E-state index is 0.0815. The summed E-state index contributed by atoms with van der Waals surface area (Å²) in [6.07, 6.45) is 0.515. The first-order valence-corrected chi connectivity index (χ1v) is 13.5. The average molecular weight is 598 g/mol. The summed E-state index contributed by atoms with van der Waals surface area (Å²) in [7, 11) is 7.09. The van der Waals surface area contributed by atoms with Crippen LogP contribution in [0.4, 0.5) is 0 Å². The summed E-state index contributed by atoms with van der Waals surface area (Å²) in [5.41, 5.74) is 2.06.